The second-order valence-electron chi connectivity index (χ2n) is 6.19. The first-order valence-electron chi connectivity index (χ1n) is 8.48. The van der Waals surface area contributed by atoms with E-state index < -0.39 is 0 Å². The monoisotopic (exact) mass is 359 g/mol. The Balaban J connectivity index is 1.33. The Labute approximate surface area is 150 Å². The maximum atomic E-state index is 12.6. The van der Waals surface area contributed by atoms with Gasteiger partial charge in [0.2, 0.25) is 6.79 Å². The number of hydrogen-bond donors (Lipinski definition) is 1. The van der Waals surface area contributed by atoms with Crippen LogP contribution in [-0.4, -0.2) is 48.8 Å². The Morgan fingerprint density at radius 3 is 2.92 bits per heavy atom. The van der Waals surface area contributed by atoms with Crippen molar-refractivity contribution in [1.29, 1.82) is 0 Å². The lowest BCUT2D eigenvalue weighted by Crippen LogP contribution is -2.37. The molecule has 6 nitrogen and oxygen atoms in total. The zero-order valence-electron chi connectivity index (χ0n) is 13.9. The van der Waals surface area contributed by atoms with Crippen LogP contribution in [0.4, 0.5) is 10.5 Å². The van der Waals surface area contributed by atoms with Gasteiger partial charge in [0.1, 0.15) is 0 Å². The SMILES string of the molecule is O=C(Nc1ccc2c(c1)OCO2)N1CCCN(Cc2cccs2)CC1. The van der Waals surface area contributed by atoms with Gasteiger partial charge >= 0.3 is 6.03 Å². The third-order valence-corrected chi connectivity index (χ3v) is 5.32. The Morgan fingerprint density at radius 1 is 1.12 bits per heavy atom. The zero-order chi connectivity index (χ0) is 17.1. The first kappa shape index (κ1) is 16.2. The van der Waals surface area contributed by atoms with Crippen LogP contribution in [0.15, 0.2) is 35.7 Å². The van der Waals surface area contributed by atoms with Gasteiger partial charge < -0.3 is 19.7 Å². The molecule has 0 unspecified atom stereocenters. The van der Waals surface area contributed by atoms with Crippen molar-refractivity contribution in [3.8, 4) is 11.5 Å². The highest BCUT2D eigenvalue weighted by Gasteiger charge is 2.20. The molecule has 0 saturated carbocycles. The highest BCUT2D eigenvalue weighted by molar-refractivity contribution is 7.09. The normalized spacial score (nSPS) is 17.4. The van der Waals surface area contributed by atoms with Gasteiger partial charge in [-0.2, -0.15) is 0 Å². The minimum atomic E-state index is -0.0585. The van der Waals surface area contributed by atoms with E-state index in [1.54, 1.807) is 17.4 Å². The Kier molecular flexibility index (Phi) is 4.76. The number of carbonyl (C=O) groups excluding carboxylic acids is 1. The van der Waals surface area contributed by atoms with Crippen LogP contribution in [-0.2, 0) is 6.54 Å². The van der Waals surface area contributed by atoms with Gasteiger partial charge in [-0.3, -0.25) is 4.90 Å². The quantitative estimate of drug-likeness (QED) is 0.914. The number of nitrogens with one attached hydrogen (secondary N) is 1. The lowest BCUT2D eigenvalue weighted by Gasteiger charge is -2.22. The molecule has 1 fully saturated rings. The van der Waals surface area contributed by atoms with Crippen LogP contribution in [0.5, 0.6) is 11.5 Å². The Bertz CT molecular complexity index is 735. The molecule has 7 heteroatoms. The molecule has 0 bridgehead atoms. The molecule has 2 aromatic rings. The minimum Gasteiger partial charge on any atom is -0.454 e. The number of ether oxygens (including phenoxy) is 2. The summed E-state index contributed by atoms with van der Waals surface area (Å²) in [7, 11) is 0. The first-order valence-corrected chi connectivity index (χ1v) is 9.36. The van der Waals surface area contributed by atoms with E-state index >= 15 is 0 Å². The van der Waals surface area contributed by atoms with Gasteiger partial charge in [-0.15, -0.1) is 11.3 Å². The molecular weight excluding hydrogens is 338 g/mol. The third kappa shape index (κ3) is 3.88. The number of rotatable bonds is 3. The van der Waals surface area contributed by atoms with Gasteiger partial charge in [0.25, 0.3) is 0 Å². The van der Waals surface area contributed by atoms with Gasteiger partial charge in [-0.25, -0.2) is 4.79 Å². The summed E-state index contributed by atoms with van der Waals surface area (Å²) in [6.45, 7) is 4.63. The van der Waals surface area contributed by atoms with Gasteiger partial charge in [0.15, 0.2) is 11.5 Å². The number of hydrogen-bond acceptors (Lipinski definition) is 5. The molecule has 2 aliphatic heterocycles. The Morgan fingerprint density at radius 2 is 2.04 bits per heavy atom. The van der Waals surface area contributed by atoms with Crippen LogP contribution < -0.4 is 14.8 Å². The predicted octanol–water partition coefficient (Wildman–Crippen LogP) is 3.22. The van der Waals surface area contributed by atoms with Crippen LogP contribution in [0.2, 0.25) is 0 Å². The molecular formula is C18H21N3O3S. The van der Waals surface area contributed by atoms with Gasteiger partial charge in [-0.05, 0) is 30.0 Å². The molecule has 1 aromatic heterocycles. The summed E-state index contributed by atoms with van der Waals surface area (Å²) in [5.41, 5.74) is 0.730. The van der Waals surface area contributed by atoms with Crippen molar-refractivity contribution >= 4 is 23.1 Å². The topological polar surface area (TPSA) is 54.0 Å². The molecule has 0 aliphatic carbocycles. The van der Waals surface area contributed by atoms with Gasteiger partial charge in [0.05, 0.1) is 0 Å². The third-order valence-electron chi connectivity index (χ3n) is 4.46. The van der Waals surface area contributed by atoms with Crippen molar-refractivity contribution in [2.75, 3.05) is 38.3 Å². The molecule has 2 aliphatic rings. The number of benzene rings is 1. The second kappa shape index (κ2) is 7.33. The summed E-state index contributed by atoms with van der Waals surface area (Å²) >= 11 is 1.79. The number of fused-ring (bicyclic) bond motifs is 1. The lowest BCUT2D eigenvalue weighted by atomic mass is 10.3. The molecule has 2 amide bonds. The molecule has 4 rings (SSSR count). The van der Waals surface area contributed by atoms with E-state index in [1.165, 1.54) is 4.88 Å². The van der Waals surface area contributed by atoms with E-state index in [-0.39, 0.29) is 12.8 Å². The lowest BCUT2D eigenvalue weighted by molar-refractivity contribution is 0.174. The number of nitrogens with zero attached hydrogens (tertiary/aromatic N) is 2. The number of anilines is 1. The van der Waals surface area contributed by atoms with E-state index in [9.17, 15) is 4.79 Å². The van der Waals surface area contributed by atoms with Crippen LogP contribution in [0.25, 0.3) is 0 Å². The van der Waals surface area contributed by atoms with Gasteiger partial charge in [-0.1, -0.05) is 6.07 Å². The van der Waals surface area contributed by atoms with E-state index in [4.69, 9.17) is 9.47 Å². The standard InChI is InChI=1S/C18H21N3O3S/c22-18(19-14-4-5-16-17(11-14)24-13-23-16)21-7-2-6-20(8-9-21)12-15-3-1-10-25-15/h1,3-5,10-11H,2,6-9,12-13H2,(H,19,22). The second-order valence-corrected chi connectivity index (χ2v) is 7.23. The maximum Gasteiger partial charge on any atom is 0.321 e. The maximum absolute atomic E-state index is 12.6. The van der Waals surface area contributed by atoms with Crippen molar-refractivity contribution in [2.45, 2.75) is 13.0 Å². The summed E-state index contributed by atoms with van der Waals surface area (Å²) in [5, 5.41) is 5.07. The molecule has 25 heavy (non-hydrogen) atoms. The fourth-order valence-corrected chi connectivity index (χ4v) is 3.88. The molecule has 1 N–H and O–H groups in total. The van der Waals surface area contributed by atoms with Crippen molar-refractivity contribution < 1.29 is 14.3 Å². The average molecular weight is 359 g/mol. The average Bonchev–Trinajstić information content (AvgIpc) is 3.23. The fourth-order valence-electron chi connectivity index (χ4n) is 3.13. The minimum absolute atomic E-state index is 0.0585. The zero-order valence-corrected chi connectivity index (χ0v) is 14.8. The van der Waals surface area contributed by atoms with E-state index in [0.29, 0.717) is 5.75 Å². The highest BCUT2D eigenvalue weighted by atomic mass is 32.1. The molecule has 132 valence electrons. The van der Waals surface area contributed by atoms with E-state index in [2.05, 4.69) is 27.7 Å². The van der Waals surface area contributed by atoms with Crippen LogP contribution in [0.1, 0.15) is 11.3 Å². The molecule has 0 spiro atoms. The summed E-state index contributed by atoms with van der Waals surface area (Å²) < 4.78 is 10.7. The highest BCUT2D eigenvalue weighted by Crippen LogP contribution is 2.34. The molecule has 0 radical (unpaired) electrons. The smallest absolute Gasteiger partial charge is 0.321 e. The number of urea groups is 1. The number of amides is 2. The summed E-state index contributed by atoms with van der Waals surface area (Å²) in [5.74, 6) is 1.40. The van der Waals surface area contributed by atoms with Crippen LogP contribution in [0.3, 0.4) is 0 Å². The van der Waals surface area contributed by atoms with Crippen molar-refractivity contribution in [1.82, 2.24) is 9.80 Å². The van der Waals surface area contributed by atoms with E-state index in [0.717, 1.165) is 50.6 Å². The molecule has 0 atom stereocenters. The summed E-state index contributed by atoms with van der Waals surface area (Å²) in [6, 6.07) is 9.66. The van der Waals surface area contributed by atoms with Gasteiger partial charge in [0, 0.05) is 49.4 Å². The largest absolute Gasteiger partial charge is 0.454 e. The van der Waals surface area contributed by atoms with Crippen LogP contribution in [0, 0.1) is 0 Å². The molecule has 1 aromatic carbocycles. The summed E-state index contributed by atoms with van der Waals surface area (Å²) in [6.07, 6.45) is 0.986. The van der Waals surface area contributed by atoms with Crippen molar-refractivity contribution in [3.63, 3.8) is 0 Å². The van der Waals surface area contributed by atoms with Crippen molar-refractivity contribution in [3.05, 3.63) is 40.6 Å². The Hall–Kier alpha value is -2.25. The van der Waals surface area contributed by atoms with Crippen LogP contribution >= 0.6 is 11.3 Å². The van der Waals surface area contributed by atoms with E-state index in [1.807, 2.05) is 17.0 Å². The first-order chi connectivity index (χ1) is 12.3. The number of carbonyl (C=O) groups is 1. The fraction of sp³-hybridized carbons (Fsp3) is 0.389. The summed E-state index contributed by atoms with van der Waals surface area (Å²) in [4.78, 5) is 18.2. The van der Waals surface area contributed by atoms with Crippen molar-refractivity contribution in [2.24, 2.45) is 0 Å². The molecule has 1 saturated heterocycles. The number of thiophene rings is 1. The molecule has 3 heterocycles. The predicted molar refractivity (Wildman–Crippen MR) is 97.4 cm³/mol.